The summed E-state index contributed by atoms with van der Waals surface area (Å²) in [6.07, 6.45) is 7.26. The first-order chi connectivity index (χ1) is 21.1. The standard InChI is InChI=1S/C32H34ClFN6O4/c1-39-11-9-31(10-12-39)15-18(16-31)36-27(41)19-13-25(43-3)23(14-22(19)34)37-30-35-17-21(33)28(38-30)44-24-6-4-5-20-26(24)29(42)40(2)32(20)7-8-32/h4-6,13-14,17-18H,7-12,15-16H2,1-3H3,(H,36,41)(H,35,37,38). The highest BCUT2D eigenvalue weighted by molar-refractivity contribution is 6.31. The van der Waals surface area contributed by atoms with E-state index in [2.05, 4.69) is 32.5 Å². The smallest absolute Gasteiger partial charge is 0.258 e. The zero-order valence-corrected chi connectivity index (χ0v) is 25.6. The van der Waals surface area contributed by atoms with Crippen LogP contribution < -0.4 is 20.1 Å². The highest BCUT2D eigenvalue weighted by atomic mass is 35.5. The van der Waals surface area contributed by atoms with Gasteiger partial charge in [-0.1, -0.05) is 23.7 Å². The molecule has 2 aliphatic heterocycles. The van der Waals surface area contributed by atoms with E-state index in [-0.39, 0.29) is 51.3 Å². The van der Waals surface area contributed by atoms with Gasteiger partial charge < -0.3 is 29.9 Å². The number of piperidine rings is 1. The highest BCUT2D eigenvalue weighted by Gasteiger charge is 2.57. The van der Waals surface area contributed by atoms with Crippen molar-refractivity contribution in [1.29, 1.82) is 0 Å². The predicted octanol–water partition coefficient (Wildman–Crippen LogP) is 5.49. The van der Waals surface area contributed by atoms with E-state index >= 15 is 4.39 Å². The third-order valence-corrected chi connectivity index (χ3v) is 10.1. The first kappa shape index (κ1) is 28.8. The van der Waals surface area contributed by atoms with Crippen LogP contribution in [-0.2, 0) is 5.54 Å². The molecule has 3 heterocycles. The van der Waals surface area contributed by atoms with Crippen LogP contribution in [0, 0.1) is 11.2 Å². The number of carbonyl (C=O) groups excluding carboxylic acids is 2. The average Bonchev–Trinajstić information content (AvgIpc) is 3.77. The average molecular weight is 621 g/mol. The predicted molar refractivity (Wildman–Crippen MR) is 162 cm³/mol. The van der Waals surface area contributed by atoms with Crippen LogP contribution in [0.15, 0.2) is 36.5 Å². The molecule has 4 aliphatic rings. The van der Waals surface area contributed by atoms with E-state index in [9.17, 15) is 9.59 Å². The Hall–Kier alpha value is -3.96. The Balaban J connectivity index is 1.07. The largest absolute Gasteiger partial charge is 0.495 e. The zero-order valence-electron chi connectivity index (χ0n) is 24.9. The van der Waals surface area contributed by atoms with Crippen molar-refractivity contribution in [3.8, 4) is 17.4 Å². The Morgan fingerprint density at radius 3 is 2.57 bits per heavy atom. The van der Waals surface area contributed by atoms with Gasteiger partial charge in [-0.05, 0) is 81.8 Å². The number of rotatable bonds is 7. The SMILES string of the molecule is COc1cc(C(=O)NC2CC3(CCN(C)CC3)C2)c(F)cc1Nc1ncc(Cl)c(Oc2cccc3c2C(=O)N(C)C32CC2)n1. The molecule has 2 amide bonds. The van der Waals surface area contributed by atoms with E-state index in [1.165, 1.54) is 25.4 Å². The van der Waals surface area contributed by atoms with Gasteiger partial charge in [0, 0.05) is 19.2 Å². The molecule has 2 aromatic carbocycles. The molecule has 1 saturated heterocycles. The first-order valence-corrected chi connectivity index (χ1v) is 15.3. The molecule has 3 fully saturated rings. The van der Waals surface area contributed by atoms with Crippen LogP contribution in [-0.4, -0.2) is 71.9 Å². The number of amides is 2. The fraction of sp³-hybridized carbons (Fsp3) is 0.438. The molecule has 0 unspecified atom stereocenters. The molecule has 10 nitrogen and oxygen atoms in total. The van der Waals surface area contributed by atoms with E-state index < -0.39 is 11.7 Å². The summed E-state index contributed by atoms with van der Waals surface area (Å²) in [5.41, 5.74) is 1.59. The van der Waals surface area contributed by atoms with Gasteiger partial charge in [0.1, 0.15) is 22.3 Å². The maximum Gasteiger partial charge on any atom is 0.258 e. The molecule has 2 saturated carbocycles. The normalized spacial score (nSPS) is 19.9. The van der Waals surface area contributed by atoms with Crippen LogP contribution >= 0.6 is 11.6 Å². The lowest BCUT2D eigenvalue weighted by Gasteiger charge is -2.52. The third-order valence-electron chi connectivity index (χ3n) is 9.85. The van der Waals surface area contributed by atoms with Crippen LogP contribution in [0.4, 0.5) is 16.0 Å². The molecule has 1 aromatic heterocycles. The van der Waals surface area contributed by atoms with Gasteiger partial charge in [-0.25, -0.2) is 9.37 Å². The van der Waals surface area contributed by atoms with Crippen molar-refractivity contribution in [2.45, 2.75) is 50.1 Å². The zero-order chi connectivity index (χ0) is 30.8. The molecule has 7 rings (SSSR count). The highest BCUT2D eigenvalue weighted by Crippen LogP contribution is 2.57. The lowest BCUT2D eigenvalue weighted by molar-refractivity contribution is 0.0138. The van der Waals surface area contributed by atoms with E-state index in [4.69, 9.17) is 21.1 Å². The Bertz CT molecular complexity index is 1660. The van der Waals surface area contributed by atoms with Crippen LogP contribution in [0.25, 0.3) is 0 Å². The van der Waals surface area contributed by atoms with Gasteiger partial charge in [0.15, 0.2) is 0 Å². The molecule has 12 heteroatoms. The molecule has 3 aromatic rings. The Morgan fingerprint density at radius 1 is 1.11 bits per heavy atom. The molecule has 2 aliphatic carbocycles. The molecule has 0 bridgehead atoms. The van der Waals surface area contributed by atoms with Crippen molar-refractivity contribution in [2.24, 2.45) is 5.41 Å². The summed E-state index contributed by atoms with van der Waals surface area (Å²) in [4.78, 5) is 38.8. The second-order valence-corrected chi connectivity index (χ2v) is 13.0. The van der Waals surface area contributed by atoms with Gasteiger partial charge in [-0.15, -0.1) is 0 Å². The Labute approximate surface area is 259 Å². The Kier molecular flexibility index (Phi) is 6.93. The number of nitrogens with zero attached hydrogens (tertiary/aromatic N) is 4. The molecule has 2 N–H and O–H groups in total. The van der Waals surface area contributed by atoms with E-state index in [1.807, 2.05) is 12.1 Å². The van der Waals surface area contributed by atoms with Crippen molar-refractivity contribution in [1.82, 2.24) is 25.1 Å². The number of benzene rings is 2. The monoisotopic (exact) mass is 620 g/mol. The number of ether oxygens (including phenoxy) is 2. The summed E-state index contributed by atoms with van der Waals surface area (Å²) in [7, 11) is 5.37. The molecule has 0 atom stereocenters. The van der Waals surface area contributed by atoms with Crippen molar-refractivity contribution < 1.29 is 23.5 Å². The minimum atomic E-state index is -0.707. The van der Waals surface area contributed by atoms with Gasteiger partial charge in [-0.3, -0.25) is 9.59 Å². The molecular formula is C32H34ClFN6O4. The lowest BCUT2D eigenvalue weighted by Crippen LogP contribution is -2.54. The molecule has 44 heavy (non-hydrogen) atoms. The maximum absolute atomic E-state index is 15.3. The number of fused-ring (bicyclic) bond motifs is 2. The fourth-order valence-electron chi connectivity index (χ4n) is 7.04. The maximum atomic E-state index is 15.3. The summed E-state index contributed by atoms with van der Waals surface area (Å²) >= 11 is 6.38. The number of methoxy groups -OCH3 is 1. The van der Waals surface area contributed by atoms with Gasteiger partial charge in [0.2, 0.25) is 11.8 Å². The topological polar surface area (TPSA) is 109 Å². The molecule has 0 radical (unpaired) electrons. The van der Waals surface area contributed by atoms with Crippen LogP contribution in [0.1, 0.15) is 64.8 Å². The van der Waals surface area contributed by atoms with Crippen LogP contribution in [0.2, 0.25) is 5.02 Å². The van der Waals surface area contributed by atoms with Crippen molar-refractivity contribution in [3.63, 3.8) is 0 Å². The number of halogens is 2. The minimum Gasteiger partial charge on any atom is -0.495 e. The fourth-order valence-corrected chi connectivity index (χ4v) is 7.17. The van der Waals surface area contributed by atoms with Crippen LogP contribution in [0.5, 0.6) is 17.4 Å². The number of hydrogen-bond donors (Lipinski definition) is 2. The second kappa shape index (κ2) is 10.6. The van der Waals surface area contributed by atoms with E-state index in [0.717, 1.165) is 57.2 Å². The summed E-state index contributed by atoms with van der Waals surface area (Å²) in [6.45, 7) is 2.13. The molecule has 2 spiro atoms. The summed E-state index contributed by atoms with van der Waals surface area (Å²) < 4.78 is 26.8. The number of aromatic nitrogens is 2. The molecular weight excluding hydrogens is 587 g/mol. The second-order valence-electron chi connectivity index (χ2n) is 12.6. The summed E-state index contributed by atoms with van der Waals surface area (Å²) in [5.74, 6) is -0.609. The summed E-state index contributed by atoms with van der Waals surface area (Å²) in [6, 6.07) is 8.08. The summed E-state index contributed by atoms with van der Waals surface area (Å²) in [5, 5.41) is 6.07. The number of anilines is 2. The van der Waals surface area contributed by atoms with Gasteiger partial charge in [0.05, 0.1) is 35.7 Å². The number of hydrogen-bond acceptors (Lipinski definition) is 8. The number of nitrogens with one attached hydrogen (secondary N) is 2. The van der Waals surface area contributed by atoms with Gasteiger partial charge in [0.25, 0.3) is 11.8 Å². The van der Waals surface area contributed by atoms with Crippen molar-refractivity contribution in [3.05, 3.63) is 64.1 Å². The first-order valence-electron chi connectivity index (χ1n) is 14.9. The van der Waals surface area contributed by atoms with Gasteiger partial charge >= 0.3 is 0 Å². The van der Waals surface area contributed by atoms with Crippen molar-refractivity contribution >= 4 is 35.1 Å². The quantitative estimate of drug-likeness (QED) is 0.357. The number of carbonyl (C=O) groups is 2. The van der Waals surface area contributed by atoms with Crippen molar-refractivity contribution in [2.75, 3.05) is 39.6 Å². The Morgan fingerprint density at radius 2 is 1.86 bits per heavy atom. The van der Waals surface area contributed by atoms with Crippen LogP contribution in [0.3, 0.4) is 0 Å². The van der Waals surface area contributed by atoms with E-state index in [0.29, 0.717) is 16.7 Å². The van der Waals surface area contributed by atoms with E-state index in [1.54, 1.807) is 18.0 Å². The lowest BCUT2D eigenvalue weighted by atomic mass is 9.60. The third kappa shape index (κ3) is 4.82. The molecule has 230 valence electrons. The minimum absolute atomic E-state index is 0.0306. The van der Waals surface area contributed by atoms with Gasteiger partial charge in [-0.2, -0.15) is 4.98 Å². The number of likely N-dealkylation sites (tertiary alicyclic amines) is 1.